The second-order valence-corrected chi connectivity index (χ2v) is 4.54. The van der Waals surface area contributed by atoms with Gasteiger partial charge in [-0.25, -0.2) is 0 Å². The van der Waals surface area contributed by atoms with Crippen LogP contribution in [0.2, 0.25) is 0 Å². The van der Waals surface area contributed by atoms with Gasteiger partial charge in [0.15, 0.2) is 0 Å². The molecule has 1 amide bonds. The molecule has 1 rings (SSSR count). The molecule has 1 saturated carbocycles. The lowest BCUT2D eigenvalue weighted by Crippen LogP contribution is -2.46. The number of carbonyl (C=O) groups is 2. The van der Waals surface area contributed by atoms with Crippen molar-refractivity contribution in [2.75, 3.05) is 0 Å². The Bertz CT molecular complexity index is 271. The van der Waals surface area contributed by atoms with Crippen molar-refractivity contribution in [1.29, 1.82) is 0 Å². The normalized spacial score (nSPS) is 24.7. The van der Waals surface area contributed by atoms with E-state index >= 15 is 0 Å². The van der Waals surface area contributed by atoms with E-state index in [0.29, 0.717) is 6.42 Å². The van der Waals surface area contributed by atoms with Gasteiger partial charge in [0.2, 0.25) is 5.91 Å². The molecule has 0 saturated heterocycles. The summed E-state index contributed by atoms with van der Waals surface area (Å²) in [6, 6.07) is 0. The van der Waals surface area contributed by atoms with Crippen LogP contribution in [0.25, 0.3) is 0 Å². The highest BCUT2D eigenvalue weighted by Gasteiger charge is 2.49. The molecule has 0 bridgehead atoms. The van der Waals surface area contributed by atoms with Crippen LogP contribution in [0.15, 0.2) is 0 Å². The summed E-state index contributed by atoms with van der Waals surface area (Å²) in [7, 11) is 0. The molecule has 15 heavy (non-hydrogen) atoms. The number of nitrogens with one attached hydrogen (secondary N) is 1. The zero-order valence-electron chi connectivity index (χ0n) is 9.54. The van der Waals surface area contributed by atoms with E-state index < -0.39 is 11.9 Å². The van der Waals surface area contributed by atoms with E-state index in [-0.39, 0.29) is 17.4 Å². The number of hydrogen-bond acceptors (Lipinski definition) is 2. The summed E-state index contributed by atoms with van der Waals surface area (Å²) in [5, 5.41) is 11.6. The number of rotatable bonds is 5. The van der Waals surface area contributed by atoms with E-state index in [4.69, 9.17) is 5.11 Å². The Kier molecular flexibility index (Phi) is 3.37. The van der Waals surface area contributed by atoms with Crippen LogP contribution in [0.4, 0.5) is 0 Å². The third kappa shape index (κ3) is 2.70. The SMILES string of the molecule is CCC(C)(CC)NC(=O)C1CC1C(=O)O. The van der Waals surface area contributed by atoms with Crippen molar-refractivity contribution >= 4 is 11.9 Å². The maximum Gasteiger partial charge on any atom is 0.307 e. The fourth-order valence-corrected chi connectivity index (χ4v) is 1.57. The standard InChI is InChI=1S/C11H19NO3/c1-4-11(3,5-2)12-9(13)7-6-8(7)10(14)15/h7-8H,4-6H2,1-3H3,(H,12,13)(H,14,15). The van der Waals surface area contributed by atoms with Gasteiger partial charge in [-0.1, -0.05) is 13.8 Å². The predicted octanol–water partition coefficient (Wildman–Crippen LogP) is 1.40. The zero-order valence-corrected chi connectivity index (χ0v) is 9.54. The topological polar surface area (TPSA) is 66.4 Å². The van der Waals surface area contributed by atoms with Crippen molar-refractivity contribution in [3.05, 3.63) is 0 Å². The van der Waals surface area contributed by atoms with Gasteiger partial charge in [-0.3, -0.25) is 9.59 Å². The molecule has 4 heteroatoms. The van der Waals surface area contributed by atoms with Gasteiger partial charge in [-0.05, 0) is 26.2 Å². The highest BCUT2D eigenvalue weighted by atomic mass is 16.4. The fourth-order valence-electron chi connectivity index (χ4n) is 1.57. The second-order valence-electron chi connectivity index (χ2n) is 4.54. The van der Waals surface area contributed by atoms with E-state index in [0.717, 1.165) is 12.8 Å². The lowest BCUT2D eigenvalue weighted by atomic mass is 9.95. The Hall–Kier alpha value is -1.06. The Balaban J connectivity index is 2.47. The molecule has 1 fully saturated rings. The number of amides is 1. The Labute approximate surface area is 90.0 Å². The first-order valence-corrected chi connectivity index (χ1v) is 5.48. The van der Waals surface area contributed by atoms with Gasteiger partial charge in [0.05, 0.1) is 11.8 Å². The van der Waals surface area contributed by atoms with Gasteiger partial charge in [-0.15, -0.1) is 0 Å². The molecule has 0 aromatic heterocycles. The molecule has 4 nitrogen and oxygen atoms in total. The average molecular weight is 213 g/mol. The summed E-state index contributed by atoms with van der Waals surface area (Å²) in [6.45, 7) is 6.03. The van der Waals surface area contributed by atoms with Gasteiger partial charge in [0, 0.05) is 5.54 Å². The molecular weight excluding hydrogens is 194 g/mol. The minimum Gasteiger partial charge on any atom is -0.481 e. The lowest BCUT2D eigenvalue weighted by Gasteiger charge is -2.28. The predicted molar refractivity (Wildman–Crippen MR) is 56.4 cm³/mol. The van der Waals surface area contributed by atoms with E-state index in [1.165, 1.54) is 0 Å². The maximum atomic E-state index is 11.7. The lowest BCUT2D eigenvalue weighted by molar-refractivity contribution is -0.140. The number of carboxylic acids is 1. The van der Waals surface area contributed by atoms with Crippen LogP contribution in [0.5, 0.6) is 0 Å². The molecule has 0 heterocycles. The molecule has 2 unspecified atom stereocenters. The summed E-state index contributed by atoms with van der Waals surface area (Å²) in [5.74, 6) is -1.72. The molecule has 2 N–H and O–H groups in total. The first-order chi connectivity index (χ1) is 6.93. The van der Waals surface area contributed by atoms with E-state index in [2.05, 4.69) is 5.32 Å². The van der Waals surface area contributed by atoms with E-state index in [1.807, 2.05) is 20.8 Å². The van der Waals surface area contributed by atoms with Crippen molar-refractivity contribution < 1.29 is 14.7 Å². The molecule has 0 aromatic carbocycles. The van der Waals surface area contributed by atoms with Crippen LogP contribution in [0.1, 0.15) is 40.0 Å². The number of carbonyl (C=O) groups excluding carboxylic acids is 1. The van der Waals surface area contributed by atoms with Crippen LogP contribution in [-0.4, -0.2) is 22.5 Å². The number of hydrogen-bond donors (Lipinski definition) is 2. The molecule has 0 aliphatic heterocycles. The summed E-state index contributed by atoms with van der Waals surface area (Å²) in [5.41, 5.74) is -0.192. The molecule has 0 spiro atoms. The van der Waals surface area contributed by atoms with Crippen molar-refractivity contribution in [3.8, 4) is 0 Å². The van der Waals surface area contributed by atoms with Crippen LogP contribution in [0, 0.1) is 11.8 Å². The number of carboxylic acid groups (broad SMARTS) is 1. The fraction of sp³-hybridized carbons (Fsp3) is 0.818. The summed E-state index contributed by atoms with van der Waals surface area (Å²) >= 11 is 0. The molecular formula is C11H19NO3. The quantitative estimate of drug-likeness (QED) is 0.725. The molecule has 0 radical (unpaired) electrons. The van der Waals surface area contributed by atoms with Crippen LogP contribution < -0.4 is 5.32 Å². The van der Waals surface area contributed by atoms with Gasteiger partial charge in [0.25, 0.3) is 0 Å². The summed E-state index contributed by atoms with van der Waals surface area (Å²) in [6.07, 6.45) is 2.21. The Morgan fingerprint density at radius 2 is 1.87 bits per heavy atom. The Morgan fingerprint density at radius 1 is 1.33 bits per heavy atom. The summed E-state index contributed by atoms with van der Waals surface area (Å²) < 4.78 is 0. The molecule has 2 atom stereocenters. The van der Waals surface area contributed by atoms with Crippen molar-refractivity contribution in [1.82, 2.24) is 5.32 Å². The van der Waals surface area contributed by atoms with Gasteiger partial charge in [-0.2, -0.15) is 0 Å². The minimum absolute atomic E-state index is 0.103. The zero-order chi connectivity index (χ0) is 11.6. The van der Waals surface area contributed by atoms with Crippen LogP contribution in [0.3, 0.4) is 0 Å². The first kappa shape index (κ1) is 12.0. The molecule has 86 valence electrons. The molecule has 1 aliphatic carbocycles. The van der Waals surface area contributed by atoms with Crippen molar-refractivity contribution in [2.24, 2.45) is 11.8 Å². The third-order valence-electron chi connectivity index (χ3n) is 3.43. The van der Waals surface area contributed by atoms with Crippen molar-refractivity contribution in [3.63, 3.8) is 0 Å². The van der Waals surface area contributed by atoms with E-state index in [9.17, 15) is 9.59 Å². The average Bonchev–Trinajstić information content (AvgIpc) is 2.97. The highest BCUT2D eigenvalue weighted by Crippen LogP contribution is 2.39. The Morgan fingerprint density at radius 3 is 2.20 bits per heavy atom. The van der Waals surface area contributed by atoms with Gasteiger partial charge < -0.3 is 10.4 Å². The largest absolute Gasteiger partial charge is 0.481 e. The van der Waals surface area contributed by atoms with Crippen molar-refractivity contribution in [2.45, 2.75) is 45.6 Å². The molecule has 0 aromatic rings. The highest BCUT2D eigenvalue weighted by molar-refractivity contribution is 5.89. The van der Waals surface area contributed by atoms with Gasteiger partial charge >= 0.3 is 5.97 Å². The second kappa shape index (κ2) is 4.21. The summed E-state index contributed by atoms with van der Waals surface area (Å²) in [4.78, 5) is 22.3. The third-order valence-corrected chi connectivity index (χ3v) is 3.43. The van der Waals surface area contributed by atoms with Crippen LogP contribution in [-0.2, 0) is 9.59 Å². The maximum absolute atomic E-state index is 11.7. The van der Waals surface area contributed by atoms with Gasteiger partial charge in [0.1, 0.15) is 0 Å². The smallest absolute Gasteiger partial charge is 0.307 e. The minimum atomic E-state index is -0.857. The first-order valence-electron chi connectivity index (χ1n) is 5.48. The van der Waals surface area contributed by atoms with Crippen LogP contribution >= 0.6 is 0 Å². The molecule has 1 aliphatic rings. The monoisotopic (exact) mass is 213 g/mol. The van der Waals surface area contributed by atoms with E-state index in [1.54, 1.807) is 0 Å². The number of aliphatic carboxylic acids is 1.